The molecular weight excluding hydrogens is 234 g/mol. The first kappa shape index (κ1) is 12.3. The fourth-order valence-corrected chi connectivity index (χ4v) is 2.73. The van der Waals surface area contributed by atoms with Crippen LogP contribution < -0.4 is 5.32 Å². The predicted octanol–water partition coefficient (Wildman–Crippen LogP) is 3.56. The lowest BCUT2D eigenvalue weighted by Gasteiger charge is -2.21. The highest BCUT2D eigenvalue weighted by molar-refractivity contribution is 5.79. The van der Waals surface area contributed by atoms with Gasteiger partial charge in [0.2, 0.25) is 0 Å². The van der Waals surface area contributed by atoms with E-state index in [-0.39, 0.29) is 5.41 Å². The van der Waals surface area contributed by atoms with Crippen molar-refractivity contribution in [3.05, 3.63) is 36.3 Å². The molecule has 3 heteroatoms. The van der Waals surface area contributed by atoms with Crippen LogP contribution in [0.15, 0.2) is 30.7 Å². The van der Waals surface area contributed by atoms with Crippen molar-refractivity contribution in [2.75, 3.05) is 11.9 Å². The quantitative estimate of drug-likeness (QED) is 0.889. The molecule has 0 aliphatic carbocycles. The minimum absolute atomic E-state index is 0.251. The van der Waals surface area contributed by atoms with Crippen LogP contribution in [0.2, 0.25) is 0 Å². The van der Waals surface area contributed by atoms with E-state index in [1.807, 2.05) is 12.5 Å². The van der Waals surface area contributed by atoms with Gasteiger partial charge in [0.1, 0.15) is 0 Å². The summed E-state index contributed by atoms with van der Waals surface area (Å²) in [6.45, 7) is 8.78. The van der Waals surface area contributed by atoms with Crippen LogP contribution in [-0.4, -0.2) is 16.1 Å². The van der Waals surface area contributed by atoms with Gasteiger partial charge in [-0.15, -0.1) is 0 Å². The first-order chi connectivity index (χ1) is 9.04. The van der Waals surface area contributed by atoms with Crippen molar-refractivity contribution in [2.24, 2.45) is 5.41 Å². The van der Waals surface area contributed by atoms with Gasteiger partial charge in [0.15, 0.2) is 0 Å². The number of anilines is 1. The van der Waals surface area contributed by atoms with Gasteiger partial charge in [-0.1, -0.05) is 39.0 Å². The molecule has 0 amide bonds. The molecule has 0 radical (unpaired) electrons. The molecule has 0 spiro atoms. The number of hydrogen-bond acceptors (Lipinski definition) is 2. The van der Waals surface area contributed by atoms with Crippen LogP contribution in [0.1, 0.15) is 26.3 Å². The first-order valence-corrected chi connectivity index (χ1v) is 6.91. The molecule has 2 heterocycles. The summed E-state index contributed by atoms with van der Waals surface area (Å²) in [4.78, 5) is 4.34. The minimum Gasteiger partial charge on any atom is -0.384 e. The third-order valence-electron chi connectivity index (χ3n) is 3.48. The molecule has 2 aromatic rings. The molecule has 100 valence electrons. The second-order valence-electron chi connectivity index (χ2n) is 6.48. The molecule has 0 atom stereocenters. The normalized spacial score (nSPS) is 14.3. The maximum atomic E-state index is 4.34. The summed E-state index contributed by atoms with van der Waals surface area (Å²) in [7, 11) is 0. The van der Waals surface area contributed by atoms with E-state index in [4.69, 9.17) is 0 Å². The van der Waals surface area contributed by atoms with Gasteiger partial charge in [-0.2, -0.15) is 0 Å². The molecule has 3 nitrogen and oxygen atoms in total. The van der Waals surface area contributed by atoms with Gasteiger partial charge in [-0.25, -0.2) is 4.98 Å². The highest BCUT2D eigenvalue weighted by atomic mass is 15.1. The Labute approximate surface area is 114 Å². The molecule has 1 aromatic heterocycles. The first-order valence-electron chi connectivity index (χ1n) is 6.91. The van der Waals surface area contributed by atoms with E-state index < -0.39 is 0 Å². The number of fused-ring (bicyclic) bond motifs is 1. The van der Waals surface area contributed by atoms with Gasteiger partial charge in [-0.05, 0) is 17.4 Å². The Hall–Kier alpha value is -1.77. The largest absolute Gasteiger partial charge is 0.384 e. The number of imidazole rings is 1. The Morgan fingerprint density at radius 1 is 1.32 bits per heavy atom. The topological polar surface area (TPSA) is 29.9 Å². The van der Waals surface area contributed by atoms with Crippen molar-refractivity contribution >= 4 is 5.69 Å². The van der Waals surface area contributed by atoms with E-state index in [0.717, 1.165) is 19.5 Å². The number of nitrogens with zero attached hydrogens (tertiary/aromatic N) is 2. The smallest absolute Gasteiger partial charge is 0.0951 e. The molecule has 1 aliphatic heterocycles. The minimum atomic E-state index is 0.251. The Morgan fingerprint density at radius 2 is 2.16 bits per heavy atom. The number of rotatable bonds is 2. The monoisotopic (exact) mass is 255 g/mol. The van der Waals surface area contributed by atoms with Gasteiger partial charge in [0.05, 0.1) is 18.2 Å². The zero-order valence-corrected chi connectivity index (χ0v) is 11.9. The third-order valence-corrected chi connectivity index (χ3v) is 3.48. The van der Waals surface area contributed by atoms with Gasteiger partial charge < -0.3 is 9.88 Å². The maximum absolute atomic E-state index is 4.34. The zero-order chi connectivity index (χ0) is 13.5. The van der Waals surface area contributed by atoms with Crippen molar-refractivity contribution in [3.63, 3.8) is 0 Å². The second-order valence-corrected chi connectivity index (χ2v) is 6.48. The number of hydrogen-bond donors (Lipinski definition) is 1. The summed E-state index contributed by atoms with van der Waals surface area (Å²) in [5.41, 5.74) is 5.44. The Morgan fingerprint density at radius 3 is 2.95 bits per heavy atom. The predicted molar refractivity (Wildman–Crippen MR) is 79.3 cm³/mol. The summed E-state index contributed by atoms with van der Waals surface area (Å²) in [6, 6.07) is 6.55. The fourth-order valence-electron chi connectivity index (χ4n) is 2.73. The maximum Gasteiger partial charge on any atom is 0.0951 e. The van der Waals surface area contributed by atoms with Crippen molar-refractivity contribution < 1.29 is 0 Å². The summed E-state index contributed by atoms with van der Waals surface area (Å²) >= 11 is 0. The van der Waals surface area contributed by atoms with E-state index in [9.17, 15) is 0 Å². The molecule has 19 heavy (non-hydrogen) atoms. The van der Waals surface area contributed by atoms with Gasteiger partial charge in [0.25, 0.3) is 0 Å². The molecule has 0 bridgehead atoms. The van der Waals surface area contributed by atoms with Crippen molar-refractivity contribution in [1.82, 2.24) is 9.55 Å². The average molecular weight is 255 g/mol. The highest BCUT2D eigenvalue weighted by Gasteiger charge is 2.19. The lowest BCUT2D eigenvalue weighted by atomic mass is 9.96. The number of aromatic nitrogens is 2. The van der Waals surface area contributed by atoms with Gasteiger partial charge in [0, 0.05) is 24.3 Å². The standard InChI is InChI=1S/C16H21N3/c1-16(2,3)10-19-11-17-9-14(19)13-6-4-5-12-7-8-18-15(12)13/h4-6,9,11,18H,7-8,10H2,1-3H3. The van der Waals surface area contributed by atoms with Crippen LogP contribution in [-0.2, 0) is 13.0 Å². The van der Waals surface area contributed by atoms with Crippen LogP contribution in [0.3, 0.4) is 0 Å². The van der Waals surface area contributed by atoms with E-state index in [0.29, 0.717) is 0 Å². The van der Waals surface area contributed by atoms with Crippen LogP contribution in [0.4, 0.5) is 5.69 Å². The molecule has 1 aromatic carbocycles. The van der Waals surface area contributed by atoms with Crippen LogP contribution >= 0.6 is 0 Å². The summed E-state index contributed by atoms with van der Waals surface area (Å²) in [5.74, 6) is 0. The molecule has 3 rings (SSSR count). The van der Waals surface area contributed by atoms with Crippen molar-refractivity contribution in [3.8, 4) is 11.3 Å². The lowest BCUT2D eigenvalue weighted by molar-refractivity contribution is 0.345. The van der Waals surface area contributed by atoms with Gasteiger partial charge >= 0.3 is 0 Å². The van der Waals surface area contributed by atoms with Crippen molar-refractivity contribution in [1.29, 1.82) is 0 Å². The molecule has 0 saturated carbocycles. The third kappa shape index (κ3) is 2.37. The highest BCUT2D eigenvalue weighted by Crippen LogP contribution is 2.34. The van der Waals surface area contributed by atoms with E-state index >= 15 is 0 Å². The zero-order valence-electron chi connectivity index (χ0n) is 11.9. The van der Waals surface area contributed by atoms with Crippen LogP contribution in [0.5, 0.6) is 0 Å². The second kappa shape index (κ2) is 4.41. The Kier molecular flexibility index (Phi) is 2.85. The Balaban J connectivity index is 2.04. The van der Waals surface area contributed by atoms with Crippen LogP contribution in [0, 0.1) is 5.41 Å². The van der Waals surface area contributed by atoms with Crippen LogP contribution in [0.25, 0.3) is 11.3 Å². The van der Waals surface area contributed by atoms with E-state index in [1.54, 1.807) is 0 Å². The Bertz CT molecular complexity index is 590. The van der Waals surface area contributed by atoms with Crippen molar-refractivity contribution in [2.45, 2.75) is 33.7 Å². The van der Waals surface area contributed by atoms with E-state index in [2.05, 4.69) is 53.8 Å². The molecule has 1 N–H and O–H groups in total. The molecular formula is C16H21N3. The average Bonchev–Trinajstić information content (AvgIpc) is 2.94. The molecule has 0 saturated heterocycles. The number of para-hydroxylation sites is 1. The molecule has 0 fully saturated rings. The lowest BCUT2D eigenvalue weighted by Crippen LogP contribution is -2.15. The fraction of sp³-hybridized carbons (Fsp3) is 0.438. The number of benzene rings is 1. The summed E-state index contributed by atoms with van der Waals surface area (Å²) in [5, 5.41) is 3.51. The van der Waals surface area contributed by atoms with E-state index in [1.165, 1.54) is 22.5 Å². The number of nitrogens with one attached hydrogen (secondary N) is 1. The summed E-state index contributed by atoms with van der Waals surface area (Å²) < 4.78 is 2.26. The SMILES string of the molecule is CC(C)(C)Cn1cncc1-c1cccc2c1NCC2. The summed E-state index contributed by atoms with van der Waals surface area (Å²) in [6.07, 6.45) is 5.03. The molecule has 0 unspecified atom stereocenters. The molecule has 1 aliphatic rings. The van der Waals surface area contributed by atoms with Gasteiger partial charge in [-0.3, -0.25) is 0 Å².